The van der Waals surface area contributed by atoms with Crippen molar-refractivity contribution in [3.8, 4) is 11.3 Å². The Balaban J connectivity index is 1.32. The number of aliphatic hydroxyl groups excluding tert-OH is 1. The van der Waals surface area contributed by atoms with E-state index in [0.29, 0.717) is 23.5 Å². The summed E-state index contributed by atoms with van der Waals surface area (Å²) in [6.07, 6.45) is 1.71. The van der Waals surface area contributed by atoms with Gasteiger partial charge in [0.2, 0.25) is 0 Å². The van der Waals surface area contributed by atoms with Crippen LogP contribution in [-0.4, -0.2) is 64.8 Å². The van der Waals surface area contributed by atoms with Gasteiger partial charge in [0.15, 0.2) is 5.82 Å². The molecule has 1 aliphatic heterocycles. The van der Waals surface area contributed by atoms with Crippen molar-refractivity contribution in [3.63, 3.8) is 0 Å². The van der Waals surface area contributed by atoms with Gasteiger partial charge in [-0.3, -0.25) is 14.5 Å². The predicted molar refractivity (Wildman–Crippen MR) is 178 cm³/mol. The Morgan fingerprint density at radius 3 is 2.27 bits per heavy atom. The van der Waals surface area contributed by atoms with Crippen LogP contribution in [0.1, 0.15) is 42.3 Å². The summed E-state index contributed by atoms with van der Waals surface area (Å²) < 4.78 is 1.52. The maximum Gasteiger partial charge on any atom is 0.293 e. The Morgan fingerprint density at radius 2 is 1.64 bits per heavy atom. The van der Waals surface area contributed by atoms with E-state index in [1.54, 1.807) is 13.2 Å². The van der Waals surface area contributed by atoms with E-state index >= 15 is 0 Å². The molecule has 0 bridgehead atoms. The van der Waals surface area contributed by atoms with E-state index in [9.17, 15) is 14.7 Å². The largest absolute Gasteiger partial charge is 0.395 e. The van der Waals surface area contributed by atoms with Gasteiger partial charge in [0.25, 0.3) is 11.5 Å². The Kier molecular flexibility index (Phi) is 9.17. The third-order valence-electron chi connectivity index (χ3n) is 8.23. The molecule has 2 heterocycles. The van der Waals surface area contributed by atoms with Crippen LogP contribution in [0.5, 0.6) is 0 Å². The summed E-state index contributed by atoms with van der Waals surface area (Å²) in [5.41, 5.74) is 6.40. The van der Waals surface area contributed by atoms with Crippen LogP contribution in [0.4, 0.5) is 22.9 Å². The number of carbonyl (C=O) groups excluding carboxylic acids is 1. The zero-order valence-corrected chi connectivity index (χ0v) is 26.2. The van der Waals surface area contributed by atoms with Crippen LogP contribution in [0.2, 0.25) is 0 Å². The number of nitrogens with one attached hydrogen (secondary N) is 2. The summed E-state index contributed by atoms with van der Waals surface area (Å²) in [4.78, 5) is 35.4. The number of amides is 1. The fourth-order valence-electron chi connectivity index (χ4n) is 5.45. The van der Waals surface area contributed by atoms with Crippen molar-refractivity contribution in [1.82, 2.24) is 14.5 Å². The molecule has 0 spiro atoms. The highest BCUT2D eigenvalue weighted by molar-refractivity contribution is 6.05. The van der Waals surface area contributed by atoms with Gasteiger partial charge < -0.3 is 25.2 Å². The summed E-state index contributed by atoms with van der Waals surface area (Å²) in [7, 11) is 1.71. The second-order valence-electron chi connectivity index (χ2n) is 12.4. The molecule has 44 heavy (non-hydrogen) atoms. The molecule has 0 radical (unpaired) electrons. The standard InChI is InChI=1S/C35H42N6O3/c1-24-29(7-6-8-30(24)38-33(43)25-9-11-26(12-10-25)35(2,3)4)31-23-39(5)34(44)32(37-31)36-27-13-15-28(16-14-27)41-19-17-40(18-20-41)21-22-42/h6-16,23,42H,17-22H2,1-5H3,(H,36,37)(H,38,43). The third-order valence-corrected chi connectivity index (χ3v) is 8.23. The number of aromatic nitrogens is 2. The Bertz CT molecular complexity index is 1670. The van der Waals surface area contributed by atoms with Crippen LogP contribution in [0.25, 0.3) is 11.3 Å². The van der Waals surface area contributed by atoms with Crippen molar-refractivity contribution in [1.29, 1.82) is 0 Å². The molecule has 9 nitrogen and oxygen atoms in total. The van der Waals surface area contributed by atoms with E-state index < -0.39 is 0 Å². The topological polar surface area (TPSA) is 103 Å². The fourth-order valence-corrected chi connectivity index (χ4v) is 5.45. The molecular formula is C35H42N6O3. The van der Waals surface area contributed by atoms with E-state index in [0.717, 1.165) is 48.7 Å². The normalized spacial score (nSPS) is 14.0. The molecule has 0 saturated carbocycles. The Morgan fingerprint density at radius 1 is 0.955 bits per heavy atom. The summed E-state index contributed by atoms with van der Waals surface area (Å²) in [5.74, 6) is 0.0418. The molecule has 5 rings (SSSR count). The number of hydrogen-bond acceptors (Lipinski definition) is 7. The first kappa shape index (κ1) is 31.0. The average Bonchev–Trinajstić information content (AvgIpc) is 3.01. The lowest BCUT2D eigenvalue weighted by molar-refractivity contribution is 0.102. The first-order chi connectivity index (χ1) is 21.0. The van der Waals surface area contributed by atoms with Gasteiger partial charge in [-0.15, -0.1) is 0 Å². The lowest BCUT2D eigenvalue weighted by Gasteiger charge is -2.35. The maximum absolute atomic E-state index is 13.1. The van der Waals surface area contributed by atoms with Crippen LogP contribution in [0.15, 0.2) is 77.7 Å². The lowest BCUT2D eigenvalue weighted by Crippen LogP contribution is -2.47. The number of aliphatic hydroxyl groups is 1. The van der Waals surface area contributed by atoms with E-state index in [4.69, 9.17) is 4.98 Å². The second-order valence-corrected chi connectivity index (χ2v) is 12.4. The minimum Gasteiger partial charge on any atom is -0.395 e. The monoisotopic (exact) mass is 594 g/mol. The Hall–Kier alpha value is -4.47. The van der Waals surface area contributed by atoms with Crippen LogP contribution >= 0.6 is 0 Å². The van der Waals surface area contributed by atoms with Gasteiger partial charge in [-0.2, -0.15) is 0 Å². The van der Waals surface area contributed by atoms with Gasteiger partial charge in [-0.25, -0.2) is 4.98 Å². The number of aryl methyl sites for hydroxylation is 1. The predicted octanol–water partition coefficient (Wildman–Crippen LogP) is 5.16. The van der Waals surface area contributed by atoms with Crippen LogP contribution in [0.3, 0.4) is 0 Å². The van der Waals surface area contributed by atoms with Crippen molar-refractivity contribution < 1.29 is 9.90 Å². The lowest BCUT2D eigenvalue weighted by atomic mass is 9.86. The van der Waals surface area contributed by atoms with E-state index in [2.05, 4.69) is 41.2 Å². The molecule has 4 aromatic rings. The average molecular weight is 595 g/mol. The zero-order valence-electron chi connectivity index (χ0n) is 26.2. The minimum atomic E-state index is -0.237. The summed E-state index contributed by atoms with van der Waals surface area (Å²) in [6, 6.07) is 21.4. The first-order valence-electron chi connectivity index (χ1n) is 15.1. The molecule has 1 aromatic heterocycles. The molecule has 9 heteroatoms. The maximum atomic E-state index is 13.1. The van der Waals surface area contributed by atoms with Crippen molar-refractivity contribution in [2.45, 2.75) is 33.1 Å². The highest BCUT2D eigenvalue weighted by atomic mass is 16.3. The van der Waals surface area contributed by atoms with Crippen molar-refractivity contribution in [2.75, 3.05) is 54.9 Å². The van der Waals surface area contributed by atoms with Crippen LogP contribution < -0.4 is 21.1 Å². The highest BCUT2D eigenvalue weighted by Gasteiger charge is 2.18. The second kappa shape index (κ2) is 13.0. The number of carbonyl (C=O) groups is 1. The number of benzene rings is 3. The summed E-state index contributed by atoms with van der Waals surface area (Å²) in [6.45, 7) is 12.9. The molecule has 0 aliphatic carbocycles. The van der Waals surface area contributed by atoms with E-state index in [-0.39, 0.29) is 29.3 Å². The third kappa shape index (κ3) is 7.01. The molecule has 1 fully saturated rings. The number of piperazine rings is 1. The van der Waals surface area contributed by atoms with E-state index in [1.807, 2.05) is 73.7 Å². The van der Waals surface area contributed by atoms with Gasteiger partial charge in [-0.1, -0.05) is 45.0 Å². The molecule has 1 saturated heterocycles. The van der Waals surface area contributed by atoms with Gasteiger partial charge in [-0.05, 0) is 65.9 Å². The zero-order chi connectivity index (χ0) is 31.4. The number of β-amino-alcohol motifs (C(OH)–C–C–N with tert-alkyl or cyclic N) is 1. The minimum absolute atomic E-state index is 0.0112. The summed E-state index contributed by atoms with van der Waals surface area (Å²) >= 11 is 0. The molecule has 0 atom stereocenters. The van der Waals surface area contributed by atoms with Crippen molar-refractivity contribution in [3.05, 3.63) is 100.0 Å². The van der Waals surface area contributed by atoms with Gasteiger partial charge in [0, 0.05) is 74.2 Å². The number of hydrogen-bond donors (Lipinski definition) is 3. The van der Waals surface area contributed by atoms with Gasteiger partial charge in [0.05, 0.1) is 12.3 Å². The number of anilines is 4. The molecule has 1 aliphatic rings. The molecule has 3 N–H and O–H groups in total. The van der Waals surface area contributed by atoms with E-state index in [1.165, 1.54) is 10.1 Å². The Labute approximate surface area is 259 Å². The molecule has 0 unspecified atom stereocenters. The van der Waals surface area contributed by atoms with Crippen molar-refractivity contribution in [2.24, 2.45) is 7.05 Å². The molecule has 1 amide bonds. The highest BCUT2D eigenvalue weighted by Crippen LogP contribution is 2.29. The smallest absolute Gasteiger partial charge is 0.293 e. The quantitative estimate of drug-likeness (QED) is 0.259. The van der Waals surface area contributed by atoms with Crippen molar-refractivity contribution >= 4 is 28.8 Å². The molecule has 3 aromatic carbocycles. The molecular weight excluding hydrogens is 552 g/mol. The SMILES string of the molecule is Cc1c(NC(=O)c2ccc(C(C)(C)C)cc2)cccc1-c1cn(C)c(=O)c(Nc2ccc(N3CCN(CCO)CC3)cc2)n1. The van der Waals surface area contributed by atoms with Gasteiger partial charge >= 0.3 is 0 Å². The van der Waals surface area contributed by atoms with Gasteiger partial charge in [0.1, 0.15) is 0 Å². The van der Waals surface area contributed by atoms with Crippen LogP contribution in [0, 0.1) is 6.92 Å². The first-order valence-corrected chi connectivity index (χ1v) is 15.1. The molecule has 230 valence electrons. The summed E-state index contributed by atoms with van der Waals surface area (Å²) in [5, 5.41) is 15.4. The number of nitrogens with zero attached hydrogens (tertiary/aromatic N) is 4. The van der Waals surface area contributed by atoms with Crippen LogP contribution in [-0.2, 0) is 12.5 Å². The number of rotatable bonds is 8. The fraction of sp³-hybridized carbons (Fsp3) is 0.343.